The van der Waals surface area contributed by atoms with E-state index in [-0.39, 0.29) is 0 Å². The molecule has 4 aromatic rings. The van der Waals surface area contributed by atoms with Gasteiger partial charge in [0.25, 0.3) is 0 Å². The first-order chi connectivity index (χ1) is 17.5. The lowest BCUT2D eigenvalue weighted by Gasteiger charge is -2.30. The lowest BCUT2D eigenvalue weighted by atomic mass is 9.91. The first-order valence-electron chi connectivity index (χ1n) is 12.2. The highest BCUT2D eigenvalue weighted by atomic mass is 79.9. The highest BCUT2D eigenvalue weighted by molar-refractivity contribution is 9.10. The Labute approximate surface area is 223 Å². The molecule has 1 fully saturated rings. The van der Waals surface area contributed by atoms with Crippen molar-refractivity contribution in [3.8, 4) is 17.7 Å². The number of thiophene rings is 1. The maximum Gasteiger partial charge on any atom is 0.242 e. The van der Waals surface area contributed by atoms with Gasteiger partial charge in [0.2, 0.25) is 11.8 Å². The van der Waals surface area contributed by atoms with Crippen LogP contribution in [0.15, 0.2) is 52.3 Å². The second-order valence-electron chi connectivity index (χ2n) is 9.34. The predicted molar refractivity (Wildman–Crippen MR) is 149 cm³/mol. The van der Waals surface area contributed by atoms with Gasteiger partial charge in [-0.05, 0) is 91.9 Å². The second-order valence-corrected chi connectivity index (χ2v) is 11.2. The summed E-state index contributed by atoms with van der Waals surface area (Å²) >= 11 is 5.07. The van der Waals surface area contributed by atoms with Gasteiger partial charge in [0.1, 0.15) is 10.4 Å². The maximum atomic E-state index is 9.26. The molecule has 6 nitrogen and oxygen atoms in total. The first-order valence-corrected chi connectivity index (χ1v) is 13.8. The number of anilines is 1. The van der Waals surface area contributed by atoms with Crippen molar-refractivity contribution >= 4 is 43.4 Å². The molecule has 0 bridgehead atoms. The summed E-state index contributed by atoms with van der Waals surface area (Å²) in [4.78, 5) is 9.52. The average molecular weight is 563 g/mol. The number of fused-ring (bicyclic) bond motifs is 1. The number of nitriles is 1. The van der Waals surface area contributed by atoms with Crippen molar-refractivity contribution in [1.82, 2.24) is 15.3 Å². The van der Waals surface area contributed by atoms with Crippen LogP contribution in [-0.2, 0) is 6.54 Å². The highest BCUT2D eigenvalue weighted by Gasteiger charge is 2.22. The molecule has 0 unspecified atom stereocenters. The van der Waals surface area contributed by atoms with E-state index in [1.54, 1.807) is 11.3 Å². The number of aromatic nitrogens is 2. The molecule has 0 aliphatic heterocycles. The van der Waals surface area contributed by atoms with Crippen molar-refractivity contribution in [2.75, 3.05) is 5.32 Å². The van der Waals surface area contributed by atoms with Crippen LogP contribution < -0.4 is 15.4 Å². The quantitative estimate of drug-likeness (QED) is 0.247. The van der Waals surface area contributed by atoms with Crippen molar-refractivity contribution in [1.29, 1.82) is 5.26 Å². The molecule has 0 saturated heterocycles. The molecular formula is C28H28BrN5OS. The molecule has 2 heterocycles. The van der Waals surface area contributed by atoms with Crippen LogP contribution in [-0.4, -0.2) is 22.1 Å². The van der Waals surface area contributed by atoms with Gasteiger partial charge >= 0.3 is 0 Å². The van der Waals surface area contributed by atoms with Gasteiger partial charge in [-0.3, -0.25) is 0 Å². The number of rotatable bonds is 7. The zero-order valence-electron chi connectivity index (χ0n) is 20.3. The topological polar surface area (TPSA) is 82.9 Å². The van der Waals surface area contributed by atoms with E-state index in [1.165, 1.54) is 5.56 Å². The summed E-state index contributed by atoms with van der Waals surface area (Å²) in [6.45, 7) is 4.81. The Kier molecular flexibility index (Phi) is 7.51. The molecule has 2 aromatic heterocycles. The van der Waals surface area contributed by atoms with E-state index in [0.29, 0.717) is 29.5 Å². The Bertz CT molecular complexity index is 1380. The van der Waals surface area contributed by atoms with Gasteiger partial charge in [0.15, 0.2) is 0 Å². The third-order valence-electron chi connectivity index (χ3n) is 6.63. The molecule has 0 radical (unpaired) electrons. The highest BCUT2D eigenvalue weighted by Crippen LogP contribution is 2.36. The van der Waals surface area contributed by atoms with Crippen LogP contribution in [0.1, 0.15) is 47.9 Å². The molecule has 0 amide bonds. The monoisotopic (exact) mass is 561 g/mol. The second kappa shape index (κ2) is 11.0. The first kappa shape index (κ1) is 24.7. The molecule has 8 heteroatoms. The van der Waals surface area contributed by atoms with Crippen molar-refractivity contribution in [3.63, 3.8) is 0 Å². The number of aryl methyl sites for hydroxylation is 2. The Morgan fingerprint density at radius 2 is 1.72 bits per heavy atom. The van der Waals surface area contributed by atoms with E-state index in [0.717, 1.165) is 63.8 Å². The largest absolute Gasteiger partial charge is 0.437 e. The SMILES string of the molecule is Cc1cc(C#N)cc(C)c1Oc1nc(NC2CCC(NCc3ccc(Br)cc3)CC2)nc2ccsc12. The van der Waals surface area contributed by atoms with Crippen molar-refractivity contribution in [3.05, 3.63) is 74.6 Å². The number of benzene rings is 2. The molecule has 184 valence electrons. The summed E-state index contributed by atoms with van der Waals surface area (Å²) in [5.41, 5.74) is 4.64. The van der Waals surface area contributed by atoms with Crippen LogP contribution in [0.4, 0.5) is 5.95 Å². The Morgan fingerprint density at radius 1 is 1.03 bits per heavy atom. The third-order valence-corrected chi connectivity index (χ3v) is 8.05. The van der Waals surface area contributed by atoms with Crippen LogP contribution in [0.3, 0.4) is 0 Å². The molecular weight excluding hydrogens is 534 g/mol. The van der Waals surface area contributed by atoms with Gasteiger partial charge in [0, 0.05) is 23.1 Å². The minimum atomic E-state index is 0.332. The summed E-state index contributed by atoms with van der Waals surface area (Å²) in [5, 5.41) is 18.5. The smallest absolute Gasteiger partial charge is 0.242 e. The van der Waals surface area contributed by atoms with E-state index >= 15 is 0 Å². The number of ether oxygens (including phenoxy) is 1. The molecule has 0 spiro atoms. The number of nitrogens with one attached hydrogen (secondary N) is 2. The summed E-state index contributed by atoms with van der Waals surface area (Å²) in [5.74, 6) is 1.90. The fourth-order valence-corrected chi connectivity index (χ4v) is 5.75. The van der Waals surface area contributed by atoms with Crippen molar-refractivity contribution in [2.45, 2.75) is 58.2 Å². The third kappa shape index (κ3) is 5.70. The molecule has 0 atom stereocenters. The fraction of sp³-hybridized carbons (Fsp3) is 0.321. The van der Waals surface area contributed by atoms with E-state index in [1.807, 2.05) is 37.4 Å². The standard InChI is InChI=1S/C28H28BrN5OS/c1-17-13-20(15-30)14-18(2)25(17)35-27-26-24(11-12-36-26)33-28(34-27)32-23-9-7-22(8-10-23)31-16-19-3-5-21(29)6-4-19/h3-6,11-14,22-23,31H,7-10,16H2,1-2H3,(H,32,33,34). The number of hydrogen-bond acceptors (Lipinski definition) is 7. The minimum absolute atomic E-state index is 0.332. The predicted octanol–water partition coefficient (Wildman–Crippen LogP) is 7.25. The van der Waals surface area contributed by atoms with Crippen LogP contribution in [0.25, 0.3) is 10.2 Å². The molecule has 1 aliphatic rings. The number of hydrogen-bond donors (Lipinski definition) is 2. The summed E-state index contributed by atoms with van der Waals surface area (Å²) < 4.78 is 8.36. The van der Waals surface area contributed by atoms with Gasteiger partial charge in [-0.1, -0.05) is 28.1 Å². The molecule has 1 saturated carbocycles. The lowest BCUT2D eigenvalue weighted by Crippen LogP contribution is -2.36. The van der Waals surface area contributed by atoms with E-state index in [9.17, 15) is 5.26 Å². The number of halogens is 1. The Balaban J connectivity index is 1.24. The molecule has 2 aromatic carbocycles. The summed E-state index contributed by atoms with van der Waals surface area (Å²) in [6, 6.07) is 17.2. The summed E-state index contributed by atoms with van der Waals surface area (Å²) in [7, 11) is 0. The van der Waals surface area contributed by atoms with E-state index in [4.69, 9.17) is 14.7 Å². The Hall–Kier alpha value is -2.99. The molecule has 36 heavy (non-hydrogen) atoms. The maximum absolute atomic E-state index is 9.26. The zero-order chi connectivity index (χ0) is 25.1. The van der Waals surface area contributed by atoms with Crippen LogP contribution in [0.5, 0.6) is 11.6 Å². The molecule has 2 N–H and O–H groups in total. The number of nitrogens with zero attached hydrogens (tertiary/aromatic N) is 3. The van der Waals surface area contributed by atoms with E-state index in [2.05, 4.69) is 56.9 Å². The normalized spacial score (nSPS) is 17.6. The van der Waals surface area contributed by atoms with Crippen molar-refractivity contribution < 1.29 is 4.74 Å². The van der Waals surface area contributed by atoms with Crippen molar-refractivity contribution in [2.24, 2.45) is 0 Å². The van der Waals surface area contributed by atoms with Gasteiger partial charge in [-0.25, -0.2) is 4.98 Å². The van der Waals surface area contributed by atoms with E-state index < -0.39 is 0 Å². The minimum Gasteiger partial charge on any atom is -0.437 e. The summed E-state index contributed by atoms with van der Waals surface area (Å²) in [6.07, 6.45) is 4.35. The lowest BCUT2D eigenvalue weighted by molar-refractivity contribution is 0.352. The molecule has 1 aliphatic carbocycles. The average Bonchev–Trinajstić information content (AvgIpc) is 3.35. The van der Waals surface area contributed by atoms with Crippen LogP contribution in [0, 0.1) is 25.2 Å². The van der Waals surface area contributed by atoms with Crippen LogP contribution in [0.2, 0.25) is 0 Å². The van der Waals surface area contributed by atoms with Gasteiger partial charge in [0.05, 0.1) is 17.1 Å². The van der Waals surface area contributed by atoms with Gasteiger partial charge < -0.3 is 15.4 Å². The van der Waals surface area contributed by atoms with Crippen LogP contribution >= 0.6 is 27.3 Å². The van der Waals surface area contributed by atoms with Gasteiger partial charge in [-0.15, -0.1) is 11.3 Å². The molecule has 5 rings (SSSR count). The van der Waals surface area contributed by atoms with Gasteiger partial charge in [-0.2, -0.15) is 10.2 Å². The zero-order valence-corrected chi connectivity index (χ0v) is 22.7. The Morgan fingerprint density at radius 3 is 2.42 bits per heavy atom. The fourth-order valence-electron chi connectivity index (χ4n) is 4.73.